The standard InChI is InChI=1S/C21H25N5O2S3/c1-5-11-26-19(28)17-18(23-20(31-17)25(6-2)7-3)24-21(26)30-13-16(27)22-14-9-8-10-15(12-14)29-4/h5,8-10,12H,1,6-7,11,13H2,2-4H3,(H,22,27). The third-order valence-corrected chi connectivity index (χ3v) is 7.30. The number of rotatable bonds is 10. The Kier molecular flexibility index (Phi) is 8.16. The number of aromatic nitrogens is 3. The van der Waals surface area contributed by atoms with Gasteiger partial charge in [-0.2, -0.15) is 4.98 Å². The summed E-state index contributed by atoms with van der Waals surface area (Å²) in [4.78, 5) is 37.9. The lowest BCUT2D eigenvalue weighted by Crippen LogP contribution is -2.23. The Morgan fingerprint density at radius 3 is 2.77 bits per heavy atom. The van der Waals surface area contributed by atoms with Crippen molar-refractivity contribution in [2.45, 2.75) is 30.4 Å². The zero-order valence-corrected chi connectivity index (χ0v) is 20.2. The average molecular weight is 476 g/mol. The highest BCUT2D eigenvalue weighted by Crippen LogP contribution is 2.27. The largest absolute Gasteiger partial charge is 0.349 e. The topological polar surface area (TPSA) is 80.1 Å². The van der Waals surface area contributed by atoms with E-state index in [9.17, 15) is 9.59 Å². The van der Waals surface area contributed by atoms with Gasteiger partial charge < -0.3 is 10.2 Å². The van der Waals surface area contributed by atoms with Crippen LogP contribution in [0.25, 0.3) is 10.3 Å². The number of nitrogens with one attached hydrogen (secondary N) is 1. The smallest absolute Gasteiger partial charge is 0.274 e. The summed E-state index contributed by atoms with van der Waals surface area (Å²) < 4.78 is 2.07. The van der Waals surface area contributed by atoms with Crippen molar-refractivity contribution in [1.29, 1.82) is 0 Å². The lowest BCUT2D eigenvalue weighted by molar-refractivity contribution is -0.113. The predicted octanol–water partition coefficient (Wildman–Crippen LogP) is 4.34. The fourth-order valence-electron chi connectivity index (χ4n) is 2.93. The van der Waals surface area contributed by atoms with E-state index in [4.69, 9.17) is 0 Å². The quantitative estimate of drug-likeness (QED) is 0.265. The maximum absolute atomic E-state index is 13.1. The summed E-state index contributed by atoms with van der Waals surface area (Å²) in [7, 11) is 0. The van der Waals surface area contributed by atoms with E-state index in [0.29, 0.717) is 22.0 Å². The number of hydrogen-bond donors (Lipinski definition) is 1. The highest BCUT2D eigenvalue weighted by molar-refractivity contribution is 7.99. The molecule has 3 aromatic rings. The minimum Gasteiger partial charge on any atom is -0.349 e. The monoisotopic (exact) mass is 475 g/mol. The molecule has 0 radical (unpaired) electrons. The summed E-state index contributed by atoms with van der Waals surface area (Å²) >= 11 is 4.19. The molecule has 0 unspecified atom stereocenters. The maximum Gasteiger partial charge on any atom is 0.274 e. The molecule has 1 aromatic carbocycles. The maximum atomic E-state index is 13.1. The van der Waals surface area contributed by atoms with Crippen LogP contribution in [0, 0.1) is 0 Å². The molecule has 2 heterocycles. The van der Waals surface area contributed by atoms with Crippen LogP contribution in [0.2, 0.25) is 0 Å². The van der Waals surface area contributed by atoms with Crippen molar-refractivity contribution in [3.63, 3.8) is 0 Å². The van der Waals surface area contributed by atoms with Crippen molar-refractivity contribution < 1.29 is 4.79 Å². The number of fused-ring (bicyclic) bond motifs is 1. The average Bonchev–Trinajstić information content (AvgIpc) is 3.19. The summed E-state index contributed by atoms with van der Waals surface area (Å²) in [6.07, 6.45) is 3.64. The Bertz CT molecular complexity index is 1140. The van der Waals surface area contributed by atoms with Crippen LogP contribution in [-0.2, 0) is 11.3 Å². The lowest BCUT2D eigenvalue weighted by Gasteiger charge is -2.15. The summed E-state index contributed by atoms with van der Waals surface area (Å²) in [5.41, 5.74) is 1.01. The van der Waals surface area contributed by atoms with Gasteiger partial charge in [0.15, 0.2) is 15.9 Å². The minimum atomic E-state index is -0.162. The molecule has 10 heteroatoms. The highest BCUT2D eigenvalue weighted by atomic mass is 32.2. The number of thiazole rings is 1. The predicted molar refractivity (Wildman–Crippen MR) is 133 cm³/mol. The second kappa shape index (κ2) is 10.8. The van der Waals surface area contributed by atoms with Gasteiger partial charge in [-0.15, -0.1) is 18.3 Å². The number of carbonyl (C=O) groups excluding carboxylic acids is 1. The van der Waals surface area contributed by atoms with Crippen LogP contribution in [0.1, 0.15) is 13.8 Å². The van der Waals surface area contributed by atoms with E-state index in [1.807, 2.05) is 44.4 Å². The van der Waals surface area contributed by atoms with Gasteiger partial charge in [0, 0.05) is 30.2 Å². The number of amides is 1. The number of allylic oxidation sites excluding steroid dienone is 1. The SMILES string of the molecule is C=CCn1c(SCC(=O)Nc2cccc(SC)c2)nc2nc(N(CC)CC)sc2c1=O. The molecule has 7 nitrogen and oxygen atoms in total. The van der Waals surface area contributed by atoms with E-state index < -0.39 is 0 Å². The van der Waals surface area contributed by atoms with E-state index in [2.05, 4.69) is 26.8 Å². The first kappa shape index (κ1) is 23.4. The third-order valence-electron chi connectivity index (χ3n) is 4.50. The van der Waals surface area contributed by atoms with Crippen LogP contribution >= 0.6 is 34.9 Å². The van der Waals surface area contributed by atoms with Crippen molar-refractivity contribution in [2.75, 3.05) is 35.3 Å². The van der Waals surface area contributed by atoms with Gasteiger partial charge in [-0.25, -0.2) is 4.98 Å². The van der Waals surface area contributed by atoms with Crippen molar-refractivity contribution in [2.24, 2.45) is 0 Å². The van der Waals surface area contributed by atoms with Crippen LogP contribution < -0.4 is 15.8 Å². The summed E-state index contributed by atoms with van der Waals surface area (Å²) in [5.74, 6) is -0.0316. The molecule has 0 aliphatic heterocycles. The molecule has 0 aliphatic rings. The van der Waals surface area contributed by atoms with E-state index in [1.165, 1.54) is 23.1 Å². The molecule has 0 atom stereocenters. The molecule has 164 valence electrons. The van der Waals surface area contributed by atoms with Crippen LogP contribution in [0.15, 0.2) is 51.8 Å². The first-order valence-electron chi connectivity index (χ1n) is 9.84. The molecule has 3 rings (SSSR count). The zero-order chi connectivity index (χ0) is 22.4. The third kappa shape index (κ3) is 5.50. The van der Waals surface area contributed by atoms with Crippen molar-refractivity contribution >= 4 is 61.9 Å². The van der Waals surface area contributed by atoms with Gasteiger partial charge in [-0.3, -0.25) is 14.2 Å². The molecule has 0 bridgehead atoms. The molecule has 31 heavy (non-hydrogen) atoms. The number of benzene rings is 1. The summed E-state index contributed by atoms with van der Waals surface area (Å²) in [6.45, 7) is 9.77. The highest BCUT2D eigenvalue weighted by Gasteiger charge is 2.18. The number of carbonyl (C=O) groups is 1. The van der Waals surface area contributed by atoms with Gasteiger partial charge in [-0.05, 0) is 38.3 Å². The number of thioether (sulfide) groups is 2. The molecule has 0 aliphatic carbocycles. The Labute approximate surface area is 194 Å². The van der Waals surface area contributed by atoms with E-state index in [0.717, 1.165) is 28.8 Å². The first-order valence-corrected chi connectivity index (χ1v) is 12.9. The molecule has 0 fully saturated rings. The second-order valence-corrected chi connectivity index (χ2v) is 9.29. The molecular weight excluding hydrogens is 450 g/mol. The Hall–Kier alpha value is -2.30. The van der Waals surface area contributed by atoms with Crippen LogP contribution in [0.3, 0.4) is 0 Å². The van der Waals surface area contributed by atoms with Gasteiger partial charge in [0.1, 0.15) is 4.70 Å². The molecule has 0 spiro atoms. The van der Waals surface area contributed by atoms with Crippen molar-refractivity contribution in [3.8, 4) is 0 Å². The fraction of sp³-hybridized carbons (Fsp3) is 0.333. The van der Waals surface area contributed by atoms with Gasteiger partial charge in [-0.1, -0.05) is 35.2 Å². The Balaban J connectivity index is 1.84. The summed E-state index contributed by atoms with van der Waals surface area (Å²) in [6, 6.07) is 7.67. The molecular formula is C21H25N5O2S3. The van der Waals surface area contributed by atoms with Gasteiger partial charge in [0.05, 0.1) is 5.75 Å². The van der Waals surface area contributed by atoms with E-state index in [1.54, 1.807) is 22.4 Å². The molecule has 2 aromatic heterocycles. The Morgan fingerprint density at radius 2 is 2.10 bits per heavy atom. The molecule has 0 saturated carbocycles. The van der Waals surface area contributed by atoms with E-state index in [-0.39, 0.29) is 17.2 Å². The molecule has 1 N–H and O–H groups in total. The minimum absolute atomic E-state index is 0.131. The number of nitrogens with zero attached hydrogens (tertiary/aromatic N) is 4. The van der Waals surface area contributed by atoms with Gasteiger partial charge in [0.2, 0.25) is 5.91 Å². The second-order valence-electron chi connectivity index (χ2n) is 6.49. The van der Waals surface area contributed by atoms with Crippen molar-refractivity contribution in [3.05, 3.63) is 47.3 Å². The van der Waals surface area contributed by atoms with Gasteiger partial charge >= 0.3 is 0 Å². The number of hydrogen-bond acceptors (Lipinski definition) is 8. The first-order chi connectivity index (χ1) is 15.0. The fourth-order valence-corrected chi connectivity index (χ4v) is 5.27. The normalized spacial score (nSPS) is 10.9. The molecule has 0 saturated heterocycles. The van der Waals surface area contributed by atoms with Crippen LogP contribution in [-0.4, -0.2) is 45.5 Å². The van der Waals surface area contributed by atoms with Gasteiger partial charge in [0.25, 0.3) is 5.56 Å². The van der Waals surface area contributed by atoms with Crippen LogP contribution in [0.4, 0.5) is 10.8 Å². The lowest BCUT2D eigenvalue weighted by atomic mass is 10.3. The van der Waals surface area contributed by atoms with Crippen molar-refractivity contribution in [1.82, 2.24) is 14.5 Å². The Morgan fingerprint density at radius 1 is 1.32 bits per heavy atom. The summed E-state index contributed by atoms with van der Waals surface area (Å²) in [5, 5.41) is 4.14. The molecule has 1 amide bonds. The van der Waals surface area contributed by atoms with E-state index >= 15 is 0 Å². The zero-order valence-electron chi connectivity index (χ0n) is 17.8. The van der Waals surface area contributed by atoms with Crippen LogP contribution in [0.5, 0.6) is 0 Å². The number of anilines is 2.